The van der Waals surface area contributed by atoms with E-state index in [2.05, 4.69) is 23.3 Å². The Morgan fingerprint density at radius 3 is 2.79 bits per heavy atom. The van der Waals surface area contributed by atoms with Crippen molar-refractivity contribution in [1.29, 1.82) is 0 Å². The Balaban J connectivity index is 1.79. The van der Waals surface area contributed by atoms with Gasteiger partial charge in [-0.3, -0.25) is 11.3 Å². The van der Waals surface area contributed by atoms with Crippen LogP contribution in [0, 0.1) is 0 Å². The van der Waals surface area contributed by atoms with E-state index in [1.54, 1.807) is 0 Å². The molecule has 19 heavy (non-hydrogen) atoms. The largest absolute Gasteiger partial charge is 0.271 e. The van der Waals surface area contributed by atoms with Crippen molar-refractivity contribution >= 4 is 23.4 Å². The number of hydrogen-bond donors (Lipinski definition) is 2. The van der Waals surface area contributed by atoms with E-state index in [9.17, 15) is 0 Å². The van der Waals surface area contributed by atoms with E-state index in [-0.39, 0.29) is 0 Å². The number of rotatable bonds is 6. The molecule has 1 atom stereocenters. The van der Waals surface area contributed by atoms with E-state index in [1.165, 1.54) is 37.7 Å². The second-order valence-corrected chi connectivity index (χ2v) is 7.06. The van der Waals surface area contributed by atoms with Crippen LogP contribution in [0.3, 0.4) is 0 Å². The maximum absolute atomic E-state index is 6.01. The molecule has 1 aromatic carbocycles. The van der Waals surface area contributed by atoms with Crippen LogP contribution in [0.4, 0.5) is 0 Å². The van der Waals surface area contributed by atoms with Crippen LogP contribution >= 0.6 is 23.4 Å². The number of nitrogens with two attached hydrogens (primary N) is 1. The third kappa shape index (κ3) is 5.35. The molecular weight excluding hydrogens is 276 g/mol. The molecule has 3 N–H and O–H groups in total. The molecule has 0 aliphatic heterocycles. The van der Waals surface area contributed by atoms with Gasteiger partial charge in [0.1, 0.15) is 0 Å². The molecule has 1 aliphatic carbocycles. The minimum absolute atomic E-state index is 0.324. The van der Waals surface area contributed by atoms with Crippen LogP contribution < -0.4 is 11.3 Å². The standard InChI is InChI=1S/C15H23ClN2S/c16-13-6-4-5-12(9-13)10-14(18-17)11-19-15-7-2-1-3-8-15/h4-6,9,14-15,18H,1-3,7-8,10-11,17H2. The number of halogens is 1. The average molecular weight is 299 g/mol. The Kier molecular flexibility index (Phi) is 6.51. The van der Waals surface area contributed by atoms with Crippen LogP contribution in [-0.4, -0.2) is 17.0 Å². The summed E-state index contributed by atoms with van der Waals surface area (Å²) in [6.45, 7) is 0. The Morgan fingerprint density at radius 2 is 2.11 bits per heavy atom. The molecule has 1 aromatic rings. The fourth-order valence-corrected chi connectivity index (χ4v) is 4.20. The second-order valence-electron chi connectivity index (χ2n) is 5.29. The van der Waals surface area contributed by atoms with Crippen LogP contribution in [0.15, 0.2) is 24.3 Å². The highest BCUT2D eigenvalue weighted by Gasteiger charge is 2.16. The van der Waals surface area contributed by atoms with Gasteiger partial charge in [-0.25, -0.2) is 0 Å². The lowest BCUT2D eigenvalue weighted by Crippen LogP contribution is -2.39. The number of hydrogen-bond acceptors (Lipinski definition) is 3. The molecule has 0 saturated heterocycles. The van der Waals surface area contributed by atoms with E-state index in [1.807, 2.05) is 18.2 Å². The normalized spacial score (nSPS) is 18.4. The SMILES string of the molecule is NNC(CSC1CCCCC1)Cc1cccc(Cl)c1. The van der Waals surface area contributed by atoms with Crippen LogP contribution in [0.2, 0.25) is 5.02 Å². The molecule has 1 fully saturated rings. The lowest BCUT2D eigenvalue weighted by Gasteiger charge is -2.23. The zero-order chi connectivity index (χ0) is 13.5. The highest BCUT2D eigenvalue weighted by Crippen LogP contribution is 2.28. The molecule has 0 spiro atoms. The molecule has 0 amide bonds. The maximum atomic E-state index is 6.01. The van der Waals surface area contributed by atoms with E-state index in [4.69, 9.17) is 17.4 Å². The number of thioether (sulfide) groups is 1. The van der Waals surface area contributed by atoms with E-state index < -0.39 is 0 Å². The van der Waals surface area contributed by atoms with Gasteiger partial charge >= 0.3 is 0 Å². The van der Waals surface area contributed by atoms with Crippen LogP contribution in [0.25, 0.3) is 0 Å². The van der Waals surface area contributed by atoms with Crippen molar-refractivity contribution in [2.45, 2.75) is 49.8 Å². The molecular formula is C15H23ClN2S. The molecule has 0 radical (unpaired) electrons. The fourth-order valence-electron chi connectivity index (χ4n) is 2.60. The summed E-state index contributed by atoms with van der Waals surface area (Å²) in [6, 6.07) is 8.37. The first-order valence-corrected chi connectivity index (χ1v) is 8.53. The quantitative estimate of drug-likeness (QED) is 0.620. The average Bonchev–Trinajstić information content (AvgIpc) is 2.44. The first-order chi connectivity index (χ1) is 9.28. The van der Waals surface area contributed by atoms with Crippen molar-refractivity contribution in [2.24, 2.45) is 5.84 Å². The number of hydrazine groups is 1. The molecule has 0 heterocycles. The Bertz CT molecular complexity index is 380. The van der Waals surface area contributed by atoms with Crippen LogP contribution in [0.1, 0.15) is 37.7 Å². The number of benzene rings is 1. The zero-order valence-corrected chi connectivity index (χ0v) is 12.8. The summed E-state index contributed by atoms with van der Waals surface area (Å²) in [5, 5.41) is 1.64. The first-order valence-electron chi connectivity index (χ1n) is 7.10. The third-order valence-electron chi connectivity index (χ3n) is 3.69. The van der Waals surface area contributed by atoms with Gasteiger partial charge in [0, 0.05) is 22.1 Å². The van der Waals surface area contributed by atoms with Crippen molar-refractivity contribution in [3.05, 3.63) is 34.9 Å². The third-order valence-corrected chi connectivity index (χ3v) is 5.46. The van der Waals surface area contributed by atoms with E-state index >= 15 is 0 Å². The van der Waals surface area contributed by atoms with E-state index in [0.717, 1.165) is 22.4 Å². The summed E-state index contributed by atoms with van der Waals surface area (Å²) in [4.78, 5) is 0. The summed E-state index contributed by atoms with van der Waals surface area (Å²) in [5.41, 5.74) is 4.20. The van der Waals surface area contributed by atoms with Gasteiger partial charge in [-0.15, -0.1) is 0 Å². The first kappa shape index (κ1) is 15.2. The molecule has 1 unspecified atom stereocenters. The Morgan fingerprint density at radius 1 is 1.32 bits per heavy atom. The summed E-state index contributed by atoms with van der Waals surface area (Å²) < 4.78 is 0. The van der Waals surface area contributed by atoms with Crippen molar-refractivity contribution in [1.82, 2.24) is 5.43 Å². The van der Waals surface area contributed by atoms with Gasteiger partial charge in [0.05, 0.1) is 0 Å². The molecule has 2 rings (SSSR count). The minimum atomic E-state index is 0.324. The van der Waals surface area contributed by atoms with Crippen molar-refractivity contribution in [3.8, 4) is 0 Å². The summed E-state index contributed by atoms with van der Waals surface area (Å²) >= 11 is 8.09. The van der Waals surface area contributed by atoms with Gasteiger partial charge < -0.3 is 0 Å². The van der Waals surface area contributed by atoms with Gasteiger partial charge in [0.2, 0.25) is 0 Å². The molecule has 0 bridgehead atoms. The fraction of sp³-hybridized carbons (Fsp3) is 0.600. The van der Waals surface area contributed by atoms with Crippen LogP contribution in [-0.2, 0) is 6.42 Å². The minimum Gasteiger partial charge on any atom is -0.271 e. The highest BCUT2D eigenvalue weighted by atomic mass is 35.5. The molecule has 0 aromatic heterocycles. The zero-order valence-electron chi connectivity index (χ0n) is 11.3. The van der Waals surface area contributed by atoms with Gasteiger partial charge in [-0.2, -0.15) is 11.8 Å². The lowest BCUT2D eigenvalue weighted by molar-refractivity contribution is 0.513. The van der Waals surface area contributed by atoms with Gasteiger partial charge in [-0.1, -0.05) is 43.0 Å². The summed E-state index contributed by atoms with van der Waals surface area (Å²) in [5.74, 6) is 6.76. The monoisotopic (exact) mass is 298 g/mol. The highest BCUT2D eigenvalue weighted by molar-refractivity contribution is 7.99. The molecule has 2 nitrogen and oxygen atoms in total. The second kappa shape index (κ2) is 8.15. The molecule has 106 valence electrons. The lowest BCUT2D eigenvalue weighted by atomic mass is 10.0. The van der Waals surface area contributed by atoms with Gasteiger partial charge in [0.15, 0.2) is 0 Å². The van der Waals surface area contributed by atoms with Crippen molar-refractivity contribution in [3.63, 3.8) is 0 Å². The van der Waals surface area contributed by atoms with Gasteiger partial charge in [0.25, 0.3) is 0 Å². The summed E-state index contributed by atoms with van der Waals surface area (Å²) in [6.07, 6.45) is 7.90. The molecule has 4 heteroatoms. The van der Waals surface area contributed by atoms with Crippen molar-refractivity contribution in [2.75, 3.05) is 5.75 Å². The topological polar surface area (TPSA) is 38.0 Å². The molecule has 1 aliphatic rings. The maximum Gasteiger partial charge on any atom is 0.0408 e. The van der Waals surface area contributed by atoms with Crippen LogP contribution in [0.5, 0.6) is 0 Å². The Hall–Kier alpha value is -0.220. The smallest absolute Gasteiger partial charge is 0.0408 e. The van der Waals surface area contributed by atoms with Crippen molar-refractivity contribution < 1.29 is 0 Å². The van der Waals surface area contributed by atoms with E-state index in [0.29, 0.717) is 6.04 Å². The predicted octanol–water partition coefficient (Wildman–Crippen LogP) is 3.78. The number of nitrogens with one attached hydrogen (secondary N) is 1. The summed E-state index contributed by atoms with van der Waals surface area (Å²) in [7, 11) is 0. The van der Waals surface area contributed by atoms with Gasteiger partial charge in [-0.05, 0) is 37.0 Å². The Labute approximate surface area is 125 Å². The predicted molar refractivity (Wildman–Crippen MR) is 85.6 cm³/mol. The molecule has 1 saturated carbocycles.